The van der Waals surface area contributed by atoms with Crippen LogP contribution in [-0.2, 0) is 13.5 Å². The summed E-state index contributed by atoms with van der Waals surface area (Å²) in [6, 6.07) is 11.4. The van der Waals surface area contributed by atoms with E-state index in [1.807, 2.05) is 24.0 Å². The molecular formula is C16H23N3. The van der Waals surface area contributed by atoms with E-state index in [0.717, 1.165) is 18.7 Å². The standard InChI is InChI=1S/C16H23N3/c1-4-10-17-13(2)12-14-5-7-15(8-6-14)16-9-11-18-19(16)3/h5-9,11,13,17H,4,10,12H2,1-3H3. The summed E-state index contributed by atoms with van der Waals surface area (Å²) in [4.78, 5) is 0. The highest BCUT2D eigenvalue weighted by Gasteiger charge is 2.05. The van der Waals surface area contributed by atoms with Gasteiger partial charge in [-0.15, -0.1) is 0 Å². The SMILES string of the molecule is CCCNC(C)Cc1ccc(-c2ccnn2C)cc1. The molecule has 1 unspecified atom stereocenters. The molecule has 0 aliphatic heterocycles. The molecular weight excluding hydrogens is 234 g/mol. The zero-order valence-electron chi connectivity index (χ0n) is 12.1. The Morgan fingerprint density at radius 2 is 1.95 bits per heavy atom. The smallest absolute Gasteiger partial charge is 0.0678 e. The normalized spacial score (nSPS) is 12.6. The van der Waals surface area contributed by atoms with E-state index < -0.39 is 0 Å². The Kier molecular flexibility index (Phi) is 4.74. The maximum absolute atomic E-state index is 4.20. The summed E-state index contributed by atoms with van der Waals surface area (Å²) < 4.78 is 1.90. The number of aryl methyl sites for hydroxylation is 1. The predicted molar refractivity (Wildman–Crippen MR) is 80.1 cm³/mol. The van der Waals surface area contributed by atoms with E-state index >= 15 is 0 Å². The third kappa shape index (κ3) is 3.67. The van der Waals surface area contributed by atoms with Crippen molar-refractivity contribution in [2.45, 2.75) is 32.7 Å². The third-order valence-electron chi connectivity index (χ3n) is 3.36. The van der Waals surface area contributed by atoms with Crippen LogP contribution in [0.1, 0.15) is 25.8 Å². The van der Waals surface area contributed by atoms with Gasteiger partial charge in [0, 0.05) is 19.3 Å². The number of hydrogen-bond donors (Lipinski definition) is 1. The van der Waals surface area contributed by atoms with Crippen LogP contribution in [0, 0.1) is 0 Å². The Labute approximate surface area is 115 Å². The Balaban J connectivity index is 2.01. The zero-order valence-corrected chi connectivity index (χ0v) is 12.1. The lowest BCUT2D eigenvalue weighted by Crippen LogP contribution is -2.28. The Bertz CT molecular complexity index is 499. The van der Waals surface area contributed by atoms with Crippen LogP contribution in [0.2, 0.25) is 0 Å². The van der Waals surface area contributed by atoms with E-state index in [1.54, 1.807) is 0 Å². The molecule has 0 saturated carbocycles. The number of rotatable bonds is 6. The van der Waals surface area contributed by atoms with E-state index in [4.69, 9.17) is 0 Å². The van der Waals surface area contributed by atoms with Crippen LogP contribution in [0.25, 0.3) is 11.3 Å². The van der Waals surface area contributed by atoms with Gasteiger partial charge in [0.15, 0.2) is 0 Å². The maximum Gasteiger partial charge on any atom is 0.0678 e. The van der Waals surface area contributed by atoms with Crippen LogP contribution in [0.5, 0.6) is 0 Å². The molecule has 1 aromatic heterocycles. The number of aromatic nitrogens is 2. The highest BCUT2D eigenvalue weighted by molar-refractivity contribution is 5.59. The van der Waals surface area contributed by atoms with Gasteiger partial charge in [-0.3, -0.25) is 4.68 Å². The van der Waals surface area contributed by atoms with Gasteiger partial charge in [0.1, 0.15) is 0 Å². The number of nitrogens with one attached hydrogen (secondary N) is 1. The number of benzene rings is 1. The van der Waals surface area contributed by atoms with Crippen molar-refractivity contribution in [1.29, 1.82) is 0 Å². The van der Waals surface area contributed by atoms with Crippen LogP contribution >= 0.6 is 0 Å². The van der Waals surface area contributed by atoms with Crippen molar-refractivity contribution in [3.05, 3.63) is 42.1 Å². The van der Waals surface area contributed by atoms with Crippen molar-refractivity contribution in [2.75, 3.05) is 6.54 Å². The fraction of sp³-hybridized carbons (Fsp3) is 0.438. The topological polar surface area (TPSA) is 29.9 Å². The van der Waals surface area contributed by atoms with Crippen molar-refractivity contribution >= 4 is 0 Å². The van der Waals surface area contributed by atoms with Crippen molar-refractivity contribution in [3.63, 3.8) is 0 Å². The summed E-state index contributed by atoms with van der Waals surface area (Å²) in [5, 5.41) is 7.72. The minimum atomic E-state index is 0.530. The predicted octanol–water partition coefficient (Wildman–Crippen LogP) is 3.02. The molecule has 1 aromatic carbocycles. The van der Waals surface area contributed by atoms with E-state index in [0.29, 0.717) is 6.04 Å². The minimum absolute atomic E-state index is 0.530. The monoisotopic (exact) mass is 257 g/mol. The molecule has 2 rings (SSSR count). The van der Waals surface area contributed by atoms with E-state index in [1.165, 1.54) is 17.5 Å². The fourth-order valence-corrected chi connectivity index (χ4v) is 2.29. The lowest BCUT2D eigenvalue weighted by molar-refractivity contribution is 0.543. The van der Waals surface area contributed by atoms with Crippen LogP contribution in [0.15, 0.2) is 36.5 Å². The fourth-order valence-electron chi connectivity index (χ4n) is 2.29. The van der Waals surface area contributed by atoms with Gasteiger partial charge < -0.3 is 5.32 Å². The van der Waals surface area contributed by atoms with Crippen LogP contribution in [-0.4, -0.2) is 22.4 Å². The summed E-state index contributed by atoms with van der Waals surface area (Å²) in [5.74, 6) is 0. The molecule has 0 spiro atoms. The second-order valence-electron chi connectivity index (χ2n) is 5.10. The molecule has 2 aromatic rings. The van der Waals surface area contributed by atoms with Crippen LogP contribution in [0.4, 0.5) is 0 Å². The van der Waals surface area contributed by atoms with Gasteiger partial charge in [-0.1, -0.05) is 31.2 Å². The second kappa shape index (κ2) is 6.53. The largest absolute Gasteiger partial charge is 0.314 e. The molecule has 3 heteroatoms. The zero-order chi connectivity index (χ0) is 13.7. The van der Waals surface area contributed by atoms with Crippen molar-refractivity contribution < 1.29 is 0 Å². The van der Waals surface area contributed by atoms with Gasteiger partial charge in [-0.25, -0.2) is 0 Å². The summed E-state index contributed by atoms with van der Waals surface area (Å²) in [6.45, 7) is 5.53. The number of hydrogen-bond acceptors (Lipinski definition) is 2. The quantitative estimate of drug-likeness (QED) is 0.862. The average Bonchev–Trinajstić information content (AvgIpc) is 2.83. The minimum Gasteiger partial charge on any atom is -0.314 e. The van der Waals surface area contributed by atoms with Gasteiger partial charge in [0.05, 0.1) is 5.69 Å². The van der Waals surface area contributed by atoms with Crippen molar-refractivity contribution in [2.24, 2.45) is 7.05 Å². The molecule has 102 valence electrons. The van der Waals surface area contributed by atoms with E-state index in [2.05, 4.69) is 48.5 Å². The van der Waals surface area contributed by atoms with Gasteiger partial charge in [0.2, 0.25) is 0 Å². The second-order valence-corrected chi connectivity index (χ2v) is 5.10. The molecule has 3 nitrogen and oxygen atoms in total. The summed E-state index contributed by atoms with van der Waals surface area (Å²) in [5.41, 5.74) is 3.75. The Morgan fingerprint density at radius 1 is 1.21 bits per heavy atom. The van der Waals surface area contributed by atoms with Crippen molar-refractivity contribution in [3.8, 4) is 11.3 Å². The lowest BCUT2D eigenvalue weighted by atomic mass is 10.0. The highest BCUT2D eigenvalue weighted by atomic mass is 15.2. The van der Waals surface area contributed by atoms with Crippen LogP contribution < -0.4 is 5.32 Å². The summed E-state index contributed by atoms with van der Waals surface area (Å²) in [7, 11) is 1.97. The molecule has 1 N–H and O–H groups in total. The molecule has 0 radical (unpaired) electrons. The first-order valence-electron chi connectivity index (χ1n) is 7.01. The molecule has 0 fully saturated rings. The van der Waals surface area contributed by atoms with Gasteiger partial charge in [-0.2, -0.15) is 5.10 Å². The molecule has 1 heterocycles. The van der Waals surface area contributed by atoms with E-state index in [-0.39, 0.29) is 0 Å². The first-order chi connectivity index (χ1) is 9.20. The maximum atomic E-state index is 4.20. The molecule has 0 aliphatic carbocycles. The first-order valence-corrected chi connectivity index (χ1v) is 7.01. The van der Waals surface area contributed by atoms with Gasteiger partial charge in [0.25, 0.3) is 0 Å². The first kappa shape index (κ1) is 13.8. The summed E-state index contributed by atoms with van der Waals surface area (Å²) in [6.07, 6.45) is 4.09. The highest BCUT2D eigenvalue weighted by Crippen LogP contribution is 2.19. The summed E-state index contributed by atoms with van der Waals surface area (Å²) >= 11 is 0. The molecule has 1 atom stereocenters. The Hall–Kier alpha value is -1.61. The van der Waals surface area contributed by atoms with Gasteiger partial charge in [-0.05, 0) is 43.5 Å². The lowest BCUT2D eigenvalue weighted by Gasteiger charge is -2.13. The molecule has 0 bridgehead atoms. The molecule has 0 saturated heterocycles. The molecule has 0 aliphatic rings. The third-order valence-corrected chi connectivity index (χ3v) is 3.36. The van der Waals surface area contributed by atoms with Crippen molar-refractivity contribution in [1.82, 2.24) is 15.1 Å². The molecule has 19 heavy (non-hydrogen) atoms. The number of nitrogens with zero attached hydrogens (tertiary/aromatic N) is 2. The average molecular weight is 257 g/mol. The Morgan fingerprint density at radius 3 is 2.53 bits per heavy atom. The van der Waals surface area contributed by atoms with Gasteiger partial charge >= 0.3 is 0 Å². The van der Waals surface area contributed by atoms with E-state index in [9.17, 15) is 0 Å². The molecule has 0 amide bonds. The van der Waals surface area contributed by atoms with Crippen LogP contribution in [0.3, 0.4) is 0 Å².